The van der Waals surface area contributed by atoms with Gasteiger partial charge in [-0.05, 0) is 37.1 Å². The van der Waals surface area contributed by atoms with Crippen molar-refractivity contribution in [1.82, 2.24) is 4.90 Å². The molecular weight excluding hydrogens is 308 g/mol. The zero-order chi connectivity index (χ0) is 15.9. The Bertz CT molecular complexity index is 819. The van der Waals surface area contributed by atoms with E-state index in [1.807, 2.05) is 0 Å². The van der Waals surface area contributed by atoms with Crippen LogP contribution in [0.4, 0.5) is 0 Å². The van der Waals surface area contributed by atoms with Crippen LogP contribution in [0.3, 0.4) is 0 Å². The van der Waals surface area contributed by atoms with Gasteiger partial charge in [-0.15, -0.1) is 0 Å². The van der Waals surface area contributed by atoms with E-state index in [0.29, 0.717) is 36.9 Å². The number of benzene rings is 1. The third-order valence-electron chi connectivity index (χ3n) is 3.78. The number of nitrogens with zero attached hydrogens (tertiary/aromatic N) is 1. The molecule has 7 nitrogen and oxygen atoms in total. The summed E-state index contributed by atoms with van der Waals surface area (Å²) in [6.07, 6.45) is 0.723. The van der Waals surface area contributed by atoms with E-state index in [4.69, 9.17) is 9.56 Å². The number of carbonyl (C=O) groups is 1. The van der Waals surface area contributed by atoms with Gasteiger partial charge in [-0.1, -0.05) is 0 Å². The number of carbonyl (C=O) groups excluding carboxylic acids is 1. The molecule has 0 atom stereocenters. The van der Waals surface area contributed by atoms with E-state index in [1.54, 1.807) is 4.90 Å². The summed E-state index contributed by atoms with van der Waals surface area (Å²) in [7, 11) is -3.80. The van der Waals surface area contributed by atoms with Gasteiger partial charge < -0.3 is 14.4 Å². The number of piperidine rings is 1. The van der Waals surface area contributed by atoms with Crippen molar-refractivity contribution in [2.45, 2.75) is 23.8 Å². The number of aliphatic hydroxyl groups excluding tert-OH is 1. The maximum Gasteiger partial charge on any atom is 0.289 e. The summed E-state index contributed by atoms with van der Waals surface area (Å²) in [5.74, 6) is -0.113. The number of fused-ring (bicyclic) bond motifs is 1. The number of furan rings is 1. The van der Waals surface area contributed by atoms with Crippen molar-refractivity contribution in [1.29, 1.82) is 0 Å². The number of sulfonamides is 1. The van der Waals surface area contributed by atoms with E-state index in [1.165, 1.54) is 24.3 Å². The molecule has 0 spiro atoms. The fraction of sp³-hybridized carbons (Fsp3) is 0.357. The first-order chi connectivity index (χ1) is 10.3. The highest BCUT2D eigenvalue weighted by Gasteiger charge is 2.25. The van der Waals surface area contributed by atoms with Crippen molar-refractivity contribution < 1.29 is 22.7 Å². The summed E-state index contributed by atoms with van der Waals surface area (Å²) in [6, 6.07) is 5.71. The van der Waals surface area contributed by atoms with Crippen LogP contribution < -0.4 is 5.14 Å². The number of primary sulfonamides is 1. The number of hydrogen-bond acceptors (Lipinski definition) is 5. The smallest absolute Gasteiger partial charge is 0.289 e. The topological polar surface area (TPSA) is 114 Å². The summed E-state index contributed by atoms with van der Waals surface area (Å²) in [5.41, 5.74) is 0.424. The van der Waals surface area contributed by atoms with Gasteiger partial charge in [0.2, 0.25) is 10.0 Å². The van der Waals surface area contributed by atoms with E-state index >= 15 is 0 Å². The lowest BCUT2D eigenvalue weighted by molar-refractivity contribution is 0.0522. The fourth-order valence-electron chi connectivity index (χ4n) is 2.53. The molecule has 0 saturated carbocycles. The summed E-state index contributed by atoms with van der Waals surface area (Å²) in [4.78, 5) is 14.0. The van der Waals surface area contributed by atoms with Gasteiger partial charge in [0, 0.05) is 18.5 Å². The Morgan fingerprint density at radius 3 is 2.59 bits per heavy atom. The standard InChI is InChI=1S/C14H16N2O5S/c15-22(19,20)11-1-2-12-9(7-11)8-13(21-12)14(18)16-5-3-10(17)4-6-16/h1-2,7-8,10,17H,3-6H2,(H2,15,19,20). The first-order valence-electron chi connectivity index (χ1n) is 6.88. The summed E-state index contributed by atoms with van der Waals surface area (Å²) < 4.78 is 28.2. The van der Waals surface area contributed by atoms with Crippen molar-refractivity contribution in [3.05, 3.63) is 30.0 Å². The Morgan fingerprint density at radius 2 is 1.95 bits per heavy atom. The van der Waals surface area contributed by atoms with Gasteiger partial charge in [-0.25, -0.2) is 13.6 Å². The molecule has 2 heterocycles. The van der Waals surface area contributed by atoms with E-state index in [9.17, 15) is 18.3 Å². The SMILES string of the molecule is NS(=O)(=O)c1ccc2oc(C(=O)N3CCC(O)CC3)cc2c1. The Labute approximate surface area is 127 Å². The van der Waals surface area contributed by atoms with Gasteiger partial charge in [-0.2, -0.15) is 0 Å². The number of likely N-dealkylation sites (tertiary alicyclic amines) is 1. The van der Waals surface area contributed by atoms with Crippen LogP contribution >= 0.6 is 0 Å². The summed E-state index contributed by atoms with van der Waals surface area (Å²) in [5, 5.41) is 15.1. The Kier molecular flexibility index (Phi) is 3.67. The molecule has 3 rings (SSSR count). The lowest BCUT2D eigenvalue weighted by Crippen LogP contribution is -2.39. The molecule has 8 heteroatoms. The van der Waals surface area contributed by atoms with Gasteiger partial charge in [0.05, 0.1) is 11.0 Å². The number of aliphatic hydroxyl groups is 1. The molecule has 0 bridgehead atoms. The molecule has 1 aliphatic rings. The maximum absolute atomic E-state index is 12.4. The quantitative estimate of drug-likeness (QED) is 0.843. The van der Waals surface area contributed by atoms with Crippen LogP contribution in [-0.2, 0) is 10.0 Å². The molecule has 1 aliphatic heterocycles. The molecule has 1 aromatic heterocycles. The fourth-order valence-corrected chi connectivity index (χ4v) is 3.08. The predicted molar refractivity (Wildman–Crippen MR) is 78.7 cm³/mol. The number of nitrogens with two attached hydrogens (primary N) is 1. The Hall–Kier alpha value is -1.90. The molecule has 118 valence electrons. The molecular formula is C14H16N2O5S. The van der Waals surface area contributed by atoms with Gasteiger partial charge in [0.1, 0.15) is 5.58 Å². The molecule has 0 unspecified atom stereocenters. The minimum atomic E-state index is -3.80. The van der Waals surface area contributed by atoms with Crippen molar-refractivity contribution in [3.8, 4) is 0 Å². The zero-order valence-electron chi connectivity index (χ0n) is 11.7. The minimum Gasteiger partial charge on any atom is -0.451 e. The monoisotopic (exact) mass is 324 g/mol. The van der Waals surface area contributed by atoms with Crippen LogP contribution in [0, 0.1) is 0 Å². The molecule has 1 aromatic carbocycles. The molecule has 1 amide bonds. The van der Waals surface area contributed by atoms with Crippen molar-refractivity contribution in [2.75, 3.05) is 13.1 Å². The third-order valence-corrected chi connectivity index (χ3v) is 4.69. The van der Waals surface area contributed by atoms with Crippen LogP contribution in [0.15, 0.2) is 33.6 Å². The maximum atomic E-state index is 12.4. The largest absolute Gasteiger partial charge is 0.451 e. The predicted octanol–water partition coefficient (Wildman–Crippen LogP) is 0.677. The number of rotatable bonds is 2. The minimum absolute atomic E-state index is 0.0270. The zero-order valence-corrected chi connectivity index (χ0v) is 12.5. The molecule has 0 aliphatic carbocycles. The molecule has 1 fully saturated rings. The van der Waals surface area contributed by atoms with E-state index in [2.05, 4.69) is 0 Å². The van der Waals surface area contributed by atoms with Gasteiger partial charge in [0.15, 0.2) is 5.76 Å². The Morgan fingerprint density at radius 1 is 1.27 bits per heavy atom. The van der Waals surface area contributed by atoms with Crippen LogP contribution in [-0.4, -0.2) is 43.5 Å². The highest BCUT2D eigenvalue weighted by molar-refractivity contribution is 7.89. The molecule has 22 heavy (non-hydrogen) atoms. The van der Waals surface area contributed by atoms with Crippen LogP contribution in [0.2, 0.25) is 0 Å². The third kappa shape index (κ3) is 2.85. The van der Waals surface area contributed by atoms with Crippen molar-refractivity contribution in [2.24, 2.45) is 5.14 Å². The normalized spacial score (nSPS) is 17.1. The van der Waals surface area contributed by atoms with Crippen molar-refractivity contribution >= 4 is 26.9 Å². The van der Waals surface area contributed by atoms with E-state index in [-0.39, 0.29) is 22.7 Å². The van der Waals surface area contributed by atoms with Gasteiger partial charge in [-0.3, -0.25) is 4.79 Å². The van der Waals surface area contributed by atoms with E-state index < -0.39 is 10.0 Å². The van der Waals surface area contributed by atoms with Crippen molar-refractivity contribution in [3.63, 3.8) is 0 Å². The average Bonchev–Trinajstić information content (AvgIpc) is 2.89. The first kappa shape index (κ1) is 15.0. The molecule has 0 radical (unpaired) electrons. The highest BCUT2D eigenvalue weighted by atomic mass is 32.2. The summed E-state index contributed by atoms with van der Waals surface area (Å²) >= 11 is 0. The van der Waals surface area contributed by atoms with E-state index in [0.717, 1.165) is 0 Å². The Balaban J connectivity index is 1.90. The second-order valence-electron chi connectivity index (χ2n) is 5.38. The first-order valence-corrected chi connectivity index (χ1v) is 8.43. The lowest BCUT2D eigenvalue weighted by atomic mass is 10.1. The number of amides is 1. The molecule has 3 N–H and O–H groups in total. The lowest BCUT2D eigenvalue weighted by Gasteiger charge is -2.28. The number of hydrogen-bond donors (Lipinski definition) is 2. The van der Waals surface area contributed by atoms with Crippen LogP contribution in [0.1, 0.15) is 23.4 Å². The average molecular weight is 324 g/mol. The molecule has 2 aromatic rings. The van der Waals surface area contributed by atoms with Crippen LogP contribution in [0.25, 0.3) is 11.0 Å². The summed E-state index contributed by atoms with van der Waals surface area (Å²) in [6.45, 7) is 0.943. The second kappa shape index (κ2) is 5.38. The second-order valence-corrected chi connectivity index (χ2v) is 6.94. The highest BCUT2D eigenvalue weighted by Crippen LogP contribution is 2.24. The molecule has 1 saturated heterocycles. The van der Waals surface area contributed by atoms with Gasteiger partial charge in [0.25, 0.3) is 5.91 Å². The van der Waals surface area contributed by atoms with Gasteiger partial charge >= 0.3 is 0 Å². The van der Waals surface area contributed by atoms with Crippen LogP contribution in [0.5, 0.6) is 0 Å².